The van der Waals surface area contributed by atoms with Crippen LogP contribution in [0.4, 0.5) is 0 Å². The smallest absolute Gasteiger partial charge is 0.359 e. The van der Waals surface area contributed by atoms with E-state index in [1.807, 2.05) is 0 Å². The summed E-state index contributed by atoms with van der Waals surface area (Å²) < 4.78 is 6.64. The van der Waals surface area contributed by atoms with Gasteiger partial charge in [-0.05, 0) is 32.0 Å². The highest BCUT2D eigenvalue weighted by molar-refractivity contribution is 6.01. The summed E-state index contributed by atoms with van der Waals surface area (Å²) in [5.74, 6) is 5.17. The van der Waals surface area contributed by atoms with E-state index in [-0.39, 0.29) is 18.7 Å². The van der Waals surface area contributed by atoms with Crippen LogP contribution in [0.15, 0.2) is 30.5 Å². The number of aromatic nitrogens is 4. The number of rotatable bonds is 3. The van der Waals surface area contributed by atoms with Crippen molar-refractivity contribution in [1.29, 1.82) is 0 Å². The fraction of sp³-hybridized carbons (Fsp3) is 0.318. The average molecular weight is 419 g/mol. The van der Waals surface area contributed by atoms with Crippen LogP contribution < -0.4 is 0 Å². The van der Waals surface area contributed by atoms with Crippen molar-refractivity contribution in [2.75, 3.05) is 20.2 Å². The molecule has 31 heavy (non-hydrogen) atoms. The lowest BCUT2D eigenvalue weighted by Crippen LogP contribution is -2.37. The van der Waals surface area contributed by atoms with Crippen LogP contribution in [0.3, 0.4) is 0 Å². The molecular weight excluding hydrogens is 398 g/mol. The minimum Gasteiger partial charge on any atom is -0.461 e. The maximum atomic E-state index is 12.4. The molecule has 1 aliphatic heterocycles. The number of likely N-dealkylation sites (tertiary alicyclic amines) is 1. The summed E-state index contributed by atoms with van der Waals surface area (Å²) in [5, 5.41) is 15.4. The number of hydrogen-bond acceptors (Lipinski definition) is 7. The lowest BCUT2D eigenvalue weighted by Gasteiger charge is -2.13. The highest BCUT2D eigenvalue weighted by Gasteiger charge is 2.42. The molecule has 0 saturated carbocycles. The van der Waals surface area contributed by atoms with Crippen LogP contribution >= 0.6 is 0 Å². The van der Waals surface area contributed by atoms with E-state index >= 15 is 0 Å². The number of nitrogens with zero attached hydrogens (tertiary/aromatic N) is 5. The summed E-state index contributed by atoms with van der Waals surface area (Å²) in [7, 11) is 1.64. The van der Waals surface area contributed by atoms with Crippen molar-refractivity contribution in [3.8, 4) is 17.5 Å². The van der Waals surface area contributed by atoms with Crippen molar-refractivity contribution >= 4 is 22.9 Å². The van der Waals surface area contributed by atoms with E-state index in [0.29, 0.717) is 34.7 Å². The maximum absolute atomic E-state index is 12.4. The summed E-state index contributed by atoms with van der Waals surface area (Å²) in [6.45, 7) is 4.15. The Balaban J connectivity index is 1.77. The summed E-state index contributed by atoms with van der Waals surface area (Å²) in [4.78, 5) is 34.6. The Bertz CT molecular complexity index is 1260. The second-order valence-electron chi connectivity index (χ2n) is 7.27. The molecule has 9 heteroatoms. The number of esters is 1. The van der Waals surface area contributed by atoms with E-state index in [9.17, 15) is 14.7 Å². The molecule has 2 aromatic heterocycles. The van der Waals surface area contributed by atoms with Gasteiger partial charge in [-0.2, -0.15) is 5.10 Å². The zero-order chi connectivity index (χ0) is 22.2. The lowest BCUT2D eigenvalue weighted by molar-refractivity contribution is -0.137. The highest BCUT2D eigenvalue weighted by Crippen LogP contribution is 2.23. The van der Waals surface area contributed by atoms with E-state index in [1.165, 1.54) is 9.58 Å². The Hall–Kier alpha value is -3.77. The summed E-state index contributed by atoms with van der Waals surface area (Å²) in [5.41, 5.74) is 0.117. The number of likely N-dealkylation sites (N-methyl/N-ethyl adjacent to an activating group) is 1. The third-order valence-corrected chi connectivity index (χ3v) is 5.03. The minimum atomic E-state index is -1.68. The van der Waals surface area contributed by atoms with Gasteiger partial charge in [0.1, 0.15) is 5.82 Å². The highest BCUT2D eigenvalue weighted by atomic mass is 16.5. The van der Waals surface area contributed by atoms with E-state index in [4.69, 9.17) is 4.74 Å². The first kappa shape index (κ1) is 20.5. The van der Waals surface area contributed by atoms with E-state index in [2.05, 4.69) is 26.9 Å². The van der Waals surface area contributed by atoms with Crippen molar-refractivity contribution in [1.82, 2.24) is 24.6 Å². The van der Waals surface area contributed by atoms with Gasteiger partial charge < -0.3 is 14.7 Å². The van der Waals surface area contributed by atoms with Crippen LogP contribution in [-0.2, 0) is 9.53 Å². The fourth-order valence-electron chi connectivity index (χ4n) is 3.38. The molecular formula is C22H21N5O4. The van der Waals surface area contributed by atoms with E-state index in [1.54, 1.807) is 51.4 Å². The van der Waals surface area contributed by atoms with Crippen molar-refractivity contribution in [2.45, 2.75) is 25.9 Å². The average Bonchev–Trinajstić information content (AvgIpc) is 3.26. The molecule has 3 aromatic rings. The van der Waals surface area contributed by atoms with Crippen LogP contribution in [0.5, 0.6) is 0 Å². The minimum absolute atomic E-state index is 0.127. The van der Waals surface area contributed by atoms with Crippen molar-refractivity contribution < 1.29 is 19.4 Å². The number of hydrogen-bond donors (Lipinski definition) is 1. The number of benzene rings is 1. The molecule has 0 aliphatic carbocycles. The first-order chi connectivity index (χ1) is 14.8. The van der Waals surface area contributed by atoms with Gasteiger partial charge in [0.15, 0.2) is 11.3 Å². The molecule has 0 bridgehead atoms. The molecule has 3 heterocycles. The Morgan fingerprint density at radius 2 is 2.19 bits per heavy atom. The van der Waals surface area contributed by atoms with Gasteiger partial charge in [0.25, 0.3) is 5.91 Å². The topological polar surface area (TPSA) is 110 Å². The molecule has 1 atom stereocenters. The number of ether oxygens (including phenoxy) is 1. The van der Waals surface area contributed by atoms with E-state index < -0.39 is 17.5 Å². The first-order valence-electron chi connectivity index (χ1n) is 9.83. The third kappa shape index (κ3) is 3.73. The Labute approximate surface area is 178 Å². The van der Waals surface area contributed by atoms with Gasteiger partial charge in [0.2, 0.25) is 5.60 Å². The van der Waals surface area contributed by atoms with E-state index in [0.717, 1.165) is 0 Å². The zero-order valence-corrected chi connectivity index (χ0v) is 17.4. The molecule has 0 radical (unpaired) electrons. The molecule has 1 aliphatic rings. The van der Waals surface area contributed by atoms with Crippen LogP contribution in [-0.4, -0.2) is 67.4 Å². The number of amides is 1. The summed E-state index contributed by atoms with van der Waals surface area (Å²) in [6, 6.07) is 7.09. The normalized spacial score (nSPS) is 18.2. The van der Waals surface area contributed by atoms with Gasteiger partial charge in [-0.1, -0.05) is 17.9 Å². The van der Waals surface area contributed by atoms with Crippen LogP contribution in [0.2, 0.25) is 0 Å². The Morgan fingerprint density at radius 1 is 1.39 bits per heavy atom. The predicted octanol–water partition coefficient (Wildman–Crippen LogP) is 1.25. The number of carbonyl (C=O) groups excluding carboxylic acids is 2. The molecule has 158 valence electrons. The number of carbonyl (C=O) groups is 2. The fourth-order valence-corrected chi connectivity index (χ4v) is 3.38. The second kappa shape index (κ2) is 7.81. The molecule has 1 saturated heterocycles. The van der Waals surface area contributed by atoms with Crippen LogP contribution in [0.25, 0.3) is 16.7 Å². The largest absolute Gasteiger partial charge is 0.461 e. The quantitative estimate of drug-likeness (QED) is 0.502. The third-order valence-electron chi connectivity index (χ3n) is 5.03. The van der Waals surface area contributed by atoms with Gasteiger partial charge in [-0.3, -0.25) is 4.79 Å². The van der Waals surface area contributed by atoms with Gasteiger partial charge in [0, 0.05) is 31.8 Å². The first-order valence-corrected chi connectivity index (χ1v) is 9.83. The second-order valence-corrected chi connectivity index (χ2v) is 7.27. The predicted molar refractivity (Wildman–Crippen MR) is 111 cm³/mol. The lowest BCUT2D eigenvalue weighted by atomic mass is 10.0. The number of aryl methyl sites for hydroxylation is 1. The van der Waals surface area contributed by atoms with Gasteiger partial charge in [0.05, 0.1) is 17.7 Å². The number of aliphatic hydroxyl groups is 1. The molecule has 0 unspecified atom stereocenters. The van der Waals surface area contributed by atoms with Crippen molar-refractivity contribution in [3.63, 3.8) is 0 Å². The zero-order valence-electron chi connectivity index (χ0n) is 17.4. The monoisotopic (exact) mass is 419 g/mol. The summed E-state index contributed by atoms with van der Waals surface area (Å²) >= 11 is 0. The SMILES string of the molecule is CCOC(=O)c1nn(-c2cccc(C#C[C@]3(O)CCN(C)C3=O)c2)c2nc(C)ncc12. The Kier molecular flexibility index (Phi) is 5.17. The molecule has 1 amide bonds. The standard InChI is InChI=1S/C22H21N5O4/c1-4-31-20(28)18-17-13-23-14(2)24-19(17)27(25-18)16-7-5-6-15(12-16)8-9-22(30)10-11-26(3)21(22)29/h5-7,12-13,30H,4,10-11H2,1-3H3/t22-/m0/s1. The molecule has 9 nitrogen and oxygen atoms in total. The van der Waals surface area contributed by atoms with Gasteiger partial charge >= 0.3 is 5.97 Å². The molecule has 1 N–H and O–H groups in total. The van der Waals surface area contributed by atoms with Crippen LogP contribution in [0, 0.1) is 18.8 Å². The Morgan fingerprint density at radius 3 is 2.90 bits per heavy atom. The van der Waals surface area contributed by atoms with Crippen molar-refractivity contribution in [2.24, 2.45) is 0 Å². The van der Waals surface area contributed by atoms with Crippen molar-refractivity contribution in [3.05, 3.63) is 47.5 Å². The molecule has 4 rings (SSSR count). The molecule has 0 spiro atoms. The molecule has 1 aromatic carbocycles. The molecule has 1 fully saturated rings. The van der Waals surface area contributed by atoms with Crippen LogP contribution in [0.1, 0.15) is 35.2 Å². The van der Waals surface area contributed by atoms with Gasteiger partial charge in [-0.15, -0.1) is 0 Å². The summed E-state index contributed by atoms with van der Waals surface area (Å²) in [6.07, 6.45) is 1.81. The number of fused-ring (bicyclic) bond motifs is 1. The maximum Gasteiger partial charge on any atom is 0.359 e. The van der Waals surface area contributed by atoms with Gasteiger partial charge in [-0.25, -0.2) is 19.4 Å².